The van der Waals surface area contributed by atoms with Crippen LogP contribution in [0.25, 0.3) is 5.65 Å². The van der Waals surface area contributed by atoms with Crippen LogP contribution < -0.4 is 10.1 Å². The van der Waals surface area contributed by atoms with Gasteiger partial charge in [0, 0.05) is 52.6 Å². The smallest absolute Gasteiger partial charge is 0.453 e. The van der Waals surface area contributed by atoms with E-state index in [1.165, 1.54) is 17.0 Å². The number of amides is 2. The molecule has 0 bridgehead atoms. The van der Waals surface area contributed by atoms with E-state index in [9.17, 15) is 27.9 Å². The van der Waals surface area contributed by atoms with Crippen LogP contribution >= 0.6 is 0 Å². The van der Waals surface area contributed by atoms with E-state index in [2.05, 4.69) is 32.5 Å². The van der Waals surface area contributed by atoms with Gasteiger partial charge in [0.15, 0.2) is 5.65 Å². The van der Waals surface area contributed by atoms with Crippen LogP contribution in [0.4, 0.5) is 18.0 Å². The van der Waals surface area contributed by atoms with E-state index in [0.717, 1.165) is 5.56 Å². The molecule has 2 aliphatic rings. The highest BCUT2D eigenvalue weighted by atomic mass is 19.4. The van der Waals surface area contributed by atoms with Crippen LogP contribution in [0.3, 0.4) is 0 Å². The second-order valence-corrected chi connectivity index (χ2v) is 14.4. The molecular formula is C33H39F3N6O4. The first-order chi connectivity index (χ1) is 21.3. The maximum Gasteiger partial charge on any atom is 0.453 e. The van der Waals surface area contributed by atoms with Gasteiger partial charge in [0.2, 0.25) is 5.88 Å². The number of nitrogens with one attached hydrogen (secondary N) is 1. The summed E-state index contributed by atoms with van der Waals surface area (Å²) in [6, 6.07) is 9.40. The molecule has 2 aromatic heterocycles. The summed E-state index contributed by atoms with van der Waals surface area (Å²) in [5.74, 6) is 5.06. The van der Waals surface area contributed by atoms with Crippen LogP contribution in [0.5, 0.6) is 5.88 Å². The van der Waals surface area contributed by atoms with Crippen molar-refractivity contribution >= 4 is 17.6 Å². The Hall–Kier alpha value is -4.34. The SMILES string of the molecule is CC(C)(C)C1CC(C#Cc2ccc(C(=O)NC3C(C)(C)C(Oc4ccc5nnc(C(F)(F)F)n5n4)C3(C)C)cc2)CCN1C(=O)O. The Kier molecular flexibility index (Phi) is 8.24. The van der Waals surface area contributed by atoms with E-state index in [1.807, 2.05) is 48.5 Å². The fraction of sp³-hybridized carbons (Fsp3) is 0.545. The lowest BCUT2D eigenvalue weighted by molar-refractivity contribution is -0.166. The van der Waals surface area contributed by atoms with Crippen molar-refractivity contribution in [2.24, 2.45) is 22.2 Å². The van der Waals surface area contributed by atoms with Gasteiger partial charge in [0.1, 0.15) is 6.10 Å². The zero-order valence-corrected chi connectivity index (χ0v) is 26.9. The van der Waals surface area contributed by atoms with Gasteiger partial charge in [-0.3, -0.25) is 4.79 Å². The van der Waals surface area contributed by atoms with Crippen LogP contribution in [0.15, 0.2) is 36.4 Å². The summed E-state index contributed by atoms with van der Waals surface area (Å²) in [5.41, 5.74) is -0.195. The van der Waals surface area contributed by atoms with Gasteiger partial charge in [0.25, 0.3) is 11.7 Å². The fourth-order valence-corrected chi connectivity index (χ4v) is 7.18. The van der Waals surface area contributed by atoms with Crippen LogP contribution in [0.2, 0.25) is 0 Å². The monoisotopic (exact) mass is 640 g/mol. The summed E-state index contributed by atoms with van der Waals surface area (Å²) in [4.78, 5) is 26.5. The molecule has 1 aliphatic heterocycles. The normalized spacial score (nSPS) is 24.0. The zero-order chi connectivity index (χ0) is 33.8. The lowest BCUT2D eigenvalue weighted by atomic mass is 9.49. The lowest BCUT2D eigenvalue weighted by Gasteiger charge is -2.62. The van der Waals surface area contributed by atoms with E-state index < -0.39 is 35.0 Å². The molecule has 10 nitrogen and oxygen atoms in total. The molecule has 1 saturated carbocycles. The van der Waals surface area contributed by atoms with Crippen molar-refractivity contribution in [3.63, 3.8) is 0 Å². The Labute approximate surface area is 265 Å². The quantitative estimate of drug-likeness (QED) is 0.340. The van der Waals surface area contributed by atoms with Gasteiger partial charge in [-0.05, 0) is 48.6 Å². The highest BCUT2D eigenvalue weighted by Gasteiger charge is 2.64. The van der Waals surface area contributed by atoms with Gasteiger partial charge in [-0.25, -0.2) is 4.79 Å². The summed E-state index contributed by atoms with van der Waals surface area (Å²) >= 11 is 0. The van der Waals surface area contributed by atoms with Crippen molar-refractivity contribution in [3.8, 4) is 17.7 Å². The van der Waals surface area contributed by atoms with Gasteiger partial charge >= 0.3 is 12.3 Å². The van der Waals surface area contributed by atoms with E-state index in [1.54, 1.807) is 24.3 Å². The molecule has 1 aliphatic carbocycles. The second-order valence-electron chi connectivity index (χ2n) is 14.4. The minimum Gasteiger partial charge on any atom is -0.472 e. The van der Waals surface area contributed by atoms with E-state index >= 15 is 0 Å². The maximum atomic E-state index is 13.3. The Morgan fingerprint density at radius 2 is 1.67 bits per heavy atom. The van der Waals surface area contributed by atoms with Crippen molar-refractivity contribution in [1.82, 2.24) is 30.0 Å². The number of carboxylic acid groups (broad SMARTS) is 1. The van der Waals surface area contributed by atoms with Crippen molar-refractivity contribution in [3.05, 3.63) is 53.3 Å². The molecule has 2 N–H and O–H groups in total. The first-order valence-corrected chi connectivity index (χ1v) is 15.2. The highest BCUT2D eigenvalue weighted by molar-refractivity contribution is 5.94. The summed E-state index contributed by atoms with van der Waals surface area (Å²) in [6.45, 7) is 14.3. The Balaban J connectivity index is 1.23. The molecule has 2 atom stereocenters. The molecule has 1 aromatic carbocycles. The molecular weight excluding hydrogens is 601 g/mol. The molecule has 1 saturated heterocycles. The molecule has 0 radical (unpaired) electrons. The van der Waals surface area contributed by atoms with Gasteiger partial charge in [-0.2, -0.15) is 17.7 Å². The molecule has 246 valence electrons. The number of benzene rings is 1. The Morgan fingerprint density at radius 1 is 1.02 bits per heavy atom. The topological polar surface area (TPSA) is 122 Å². The minimum atomic E-state index is -4.72. The number of carbonyl (C=O) groups is 2. The summed E-state index contributed by atoms with van der Waals surface area (Å²) in [6.07, 6.45) is -4.76. The number of fused-ring (bicyclic) bond motifs is 1. The fourth-order valence-electron chi connectivity index (χ4n) is 7.18. The number of halogens is 3. The number of hydrogen-bond donors (Lipinski definition) is 2. The second kappa shape index (κ2) is 11.5. The Bertz CT molecular complexity index is 1680. The standard InChI is InChI=1S/C33H39F3N6O4/c1-30(2,3)22-18-20(16-17-41(22)29(44)45)9-8-19-10-12-21(13-11-19)25(43)37-26-31(4,5)27(32(26,6)7)46-24-15-14-23-38-39-28(33(34,35)36)42(23)40-24/h10-15,20,22,26-27H,16-18H2,1-7H3,(H,37,43)(H,44,45). The maximum absolute atomic E-state index is 13.3. The number of nitrogens with zero attached hydrogens (tertiary/aromatic N) is 5. The molecule has 2 fully saturated rings. The van der Waals surface area contributed by atoms with Gasteiger partial charge in [-0.15, -0.1) is 15.3 Å². The molecule has 46 heavy (non-hydrogen) atoms. The van der Waals surface area contributed by atoms with Gasteiger partial charge in [-0.1, -0.05) is 60.3 Å². The third-order valence-electron chi connectivity index (χ3n) is 9.26. The first-order valence-electron chi connectivity index (χ1n) is 15.2. The van der Waals surface area contributed by atoms with E-state index in [-0.39, 0.29) is 40.9 Å². The third-order valence-corrected chi connectivity index (χ3v) is 9.26. The number of hydrogen-bond acceptors (Lipinski definition) is 6. The average Bonchev–Trinajstić information content (AvgIpc) is 3.41. The number of ether oxygens (including phenoxy) is 1. The molecule has 2 amide bonds. The zero-order valence-electron chi connectivity index (χ0n) is 26.9. The van der Waals surface area contributed by atoms with Gasteiger partial charge < -0.3 is 20.1 Å². The van der Waals surface area contributed by atoms with Crippen LogP contribution in [-0.2, 0) is 6.18 Å². The number of alkyl halides is 3. The molecule has 2 unspecified atom stereocenters. The number of aromatic nitrogens is 4. The van der Waals surface area contributed by atoms with Crippen molar-refractivity contribution in [2.75, 3.05) is 6.54 Å². The van der Waals surface area contributed by atoms with Crippen LogP contribution in [0, 0.1) is 34.0 Å². The lowest BCUT2D eigenvalue weighted by Crippen LogP contribution is -2.74. The predicted octanol–water partition coefficient (Wildman–Crippen LogP) is 5.91. The average molecular weight is 641 g/mol. The third kappa shape index (κ3) is 6.22. The molecule has 13 heteroatoms. The van der Waals surface area contributed by atoms with E-state index in [0.29, 0.717) is 29.5 Å². The van der Waals surface area contributed by atoms with Crippen LogP contribution in [-0.4, -0.2) is 66.6 Å². The van der Waals surface area contributed by atoms with Crippen LogP contribution in [0.1, 0.15) is 83.1 Å². The molecule has 0 spiro atoms. The summed E-state index contributed by atoms with van der Waals surface area (Å²) in [5, 5.41) is 23.4. The van der Waals surface area contributed by atoms with Gasteiger partial charge in [0.05, 0.1) is 0 Å². The number of carbonyl (C=O) groups excluding carboxylic acids is 1. The summed E-state index contributed by atoms with van der Waals surface area (Å²) in [7, 11) is 0. The summed E-state index contributed by atoms with van der Waals surface area (Å²) < 4.78 is 46.7. The minimum absolute atomic E-state index is 0.00760. The number of piperidine rings is 1. The molecule has 3 heterocycles. The van der Waals surface area contributed by atoms with Crippen molar-refractivity contribution in [2.45, 2.75) is 85.7 Å². The number of rotatable bonds is 4. The Morgan fingerprint density at radius 3 is 2.26 bits per heavy atom. The first kappa shape index (κ1) is 33.0. The van der Waals surface area contributed by atoms with Crippen molar-refractivity contribution < 1.29 is 32.6 Å². The molecule has 5 rings (SSSR count). The largest absolute Gasteiger partial charge is 0.472 e. The van der Waals surface area contributed by atoms with Crippen molar-refractivity contribution in [1.29, 1.82) is 0 Å². The highest BCUT2D eigenvalue weighted by Crippen LogP contribution is 2.55. The van der Waals surface area contributed by atoms with E-state index in [4.69, 9.17) is 4.74 Å². The molecule has 3 aromatic rings. The predicted molar refractivity (Wildman–Crippen MR) is 163 cm³/mol. The number of likely N-dealkylation sites (tertiary alicyclic amines) is 1.